The van der Waals surface area contributed by atoms with Gasteiger partial charge in [0.2, 0.25) is 0 Å². The van der Waals surface area contributed by atoms with Gasteiger partial charge in [0.1, 0.15) is 0 Å². The molecule has 0 N–H and O–H groups in total. The summed E-state index contributed by atoms with van der Waals surface area (Å²) in [7, 11) is 14.9. The van der Waals surface area contributed by atoms with Crippen LogP contribution in [-0.4, -0.2) is 36.1 Å². The van der Waals surface area contributed by atoms with Gasteiger partial charge in [-0.1, -0.05) is 20.8 Å². The molecule has 0 unspecified atom stereocenters. The molecule has 0 spiro atoms. The molecule has 0 bridgehead atoms. The van der Waals surface area contributed by atoms with Crippen LogP contribution in [0.4, 0.5) is 0 Å². The Morgan fingerprint density at radius 3 is 1.09 bits per heavy atom. The predicted octanol–water partition coefficient (Wildman–Crippen LogP) is 3.04. The van der Waals surface area contributed by atoms with Crippen LogP contribution >= 0.6 is 30.0 Å². The van der Waals surface area contributed by atoms with Gasteiger partial charge in [-0.3, -0.25) is 0 Å². The van der Waals surface area contributed by atoms with Crippen molar-refractivity contribution in [2.75, 3.05) is 19.6 Å². The van der Waals surface area contributed by atoms with Gasteiger partial charge >= 0.3 is 41.6 Å². The Morgan fingerprint density at radius 1 is 0.909 bits per heavy atom. The molecule has 1 nitrogen and oxygen atoms in total. The van der Waals surface area contributed by atoms with E-state index in [1.54, 1.807) is 0 Å². The van der Waals surface area contributed by atoms with E-state index in [0.29, 0.717) is 0 Å². The maximum absolute atomic E-state index is 4.97. The van der Waals surface area contributed by atoms with E-state index in [1.807, 2.05) is 0 Å². The number of halogens is 3. The molecule has 0 aromatic rings. The molecule has 0 saturated carbocycles. The molecule has 0 atom stereocenters. The minimum atomic E-state index is -1.92. The fraction of sp³-hybridized carbons (Fsp3) is 1.00. The number of hydrogen-bond acceptors (Lipinski definition) is 1. The standard InChI is InChI=1S/C6H15N.Cl3Ge/c1-4-7(5-2)6-3;1-4(2)3/h4-6H2,1-3H3;. The summed E-state index contributed by atoms with van der Waals surface area (Å²) < 4.78 is 0. The molecule has 1 radical (unpaired) electrons. The third-order valence-corrected chi connectivity index (χ3v) is 1.34. The molecule has 0 aromatic carbocycles. The van der Waals surface area contributed by atoms with Crippen molar-refractivity contribution in [2.24, 2.45) is 0 Å². The fourth-order valence-electron chi connectivity index (χ4n) is 0.671. The van der Waals surface area contributed by atoms with Crippen LogP contribution in [0.2, 0.25) is 0 Å². The van der Waals surface area contributed by atoms with Crippen LogP contribution in [0.3, 0.4) is 0 Å². The van der Waals surface area contributed by atoms with Gasteiger partial charge in [0.05, 0.1) is 0 Å². The Labute approximate surface area is 86.7 Å². The minimum absolute atomic E-state index is 1.19. The van der Waals surface area contributed by atoms with Gasteiger partial charge in [-0.2, -0.15) is 0 Å². The molecule has 5 heteroatoms. The van der Waals surface area contributed by atoms with Crippen LogP contribution in [-0.2, 0) is 0 Å². The molecule has 69 valence electrons. The molecule has 0 saturated heterocycles. The summed E-state index contributed by atoms with van der Waals surface area (Å²) in [6, 6.07) is 0. The van der Waals surface area contributed by atoms with Crippen LogP contribution in [0.15, 0.2) is 0 Å². The monoisotopic (exact) mass is 280 g/mol. The summed E-state index contributed by atoms with van der Waals surface area (Å²) in [4.78, 5) is 2.38. The van der Waals surface area contributed by atoms with Crippen molar-refractivity contribution in [2.45, 2.75) is 20.8 Å². The van der Waals surface area contributed by atoms with Crippen LogP contribution in [0, 0.1) is 0 Å². The van der Waals surface area contributed by atoms with E-state index in [4.69, 9.17) is 30.0 Å². The van der Waals surface area contributed by atoms with E-state index < -0.39 is 11.6 Å². The molecule has 0 aromatic heterocycles. The number of hydrogen-bond donors (Lipinski definition) is 0. The van der Waals surface area contributed by atoms with Crippen LogP contribution in [0.25, 0.3) is 0 Å². The van der Waals surface area contributed by atoms with Crippen molar-refractivity contribution >= 4 is 41.6 Å². The summed E-state index contributed by atoms with van der Waals surface area (Å²) >= 11 is -1.92. The van der Waals surface area contributed by atoms with E-state index in [9.17, 15) is 0 Å². The summed E-state index contributed by atoms with van der Waals surface area (Å²) in [5.74, 6) is 0. The summed E-state index contributed by atoms with van der Waals surface area (Å²) in [6.07, 6.45) is 0. The molecule has 0 fully saturated rings. The summed E-state index contributed by atoms with van der Waals surface area (Å²) in [5.41, 5.74) is 0. The second kappa shape index (κ2) is 11.4. The van der Waals surface area contributed by atoms with Crippen molar-refractivity contribution in [3.63, 3.8) is 0 Å². The first kappa shape index (κ1) is 14.9. The van der Waals surface area contributed by atoms with Crippen LogP contribution < -0.4 is 0 Å². The second-order valence-electron chi connectivity index (χ2n) is 1.83. The van der Waals surface area contributed by atoms with Gasteiger partial charge in [-0.15, -0.1) is 0 Å². The average molecular weight is 280 g/mol. The molecule has 0 aliphatic rings. The van der Waals surface area contributed by atoms with Crippen molar-refractivity contribution in [1.29, 1.82) is 0 Å². The molecule has 0 aliphatic carbocycles. The van der Waals surface area contributed by atoms with Gasteiger partial charge in [0.25, 0.3) is 0 Å². The first-order valence-corrected chi connectivity index (χ1v) is 11.9. The first-order chi connectivity index (χ1) is 5.08. The van der Waals surface area contributed by atoms with E-state index in [1.165, 1.54) is 19.6 Å². The Kier molecular flexibility index (Phi) is 15.4. The van der Waals surface area contributed by atoms with E-state index in [-0.39, 0.29) is 0 Å². The normalized spacial score (nSPS) is 9.82. The predicted molar refractivity (Wildman–Crippen MR) is 56.8 cm³/mol. The van der Waals surface area contributed by atoms with Gasteiger partial charge < -0.3 is 4.90 Å². The van der Waals surface area contributed by atoms with Gasteiger partial charge in [0, 0.05) is 0 Å². The zero-order valence-electron chi connectivity index (χ0n) is 7.20. The van der Waals surface area contributed by atoms with Crippen molar-refractivity contribution in [3.8, 4) is 0 Å². The van der Waals surface area contributed by atoms with Crippen LogP contribution in [0.1, 0.15) is 20.8 Å². The Hall–Kier alpha value is 1.37. The van der Waals surface area contributed by atoms with Gasteiger partial charge in [-0.05, 0) is 19.6 Å². The molecule has 0 aliphatic heterocycles. The zero-order chi connectivity index (χ0) is 9.28. The zero-order valence-corrected chi connectivity index (χ0v) is 11.6. The van der Waals surface area contributed by atoms with E-state index >= 15 is 0 Å². The fourth-order valence-corrected chi connectivity index (χ4v) is 0.671. The molecule has 0 amide bonds. The second-order valence-corrected chi connectivity index (χ2v) is 11.6. The third-order valence-electron chi connectivity index (χ3n) is 1.34. The molecular formula is C6H15Cl3GeN. The Bertz CT molecular complexity index is 60.6. The Morgan fingerprint density at radius 2 is 1.09 bits per heavy atom. The van der Waals surface area contributed by atoms with Gasteiger partial charge in [0.15, 0.2) is 0 Å². The van der Waals surface area contributed by atoms with Crippen molar-refractivity contribution in [3.05, 3.63) is 0 Å². The van der Waals surface area contributed by atoms with Gasteiger partial charge in [-0.25, -0.2) is 0 Å². The average Bonchev–Trinajstić information content (AvgIpc) is 1.90. The third kappa shape index (κ3) is 18.4. The van der Waals surface area contributed by atoms with Crippen molar-refractivity contribution in [1.82, 2.24) is 4.90 Å². The first-order valence-electron chi connectivity index (χ1n) is 3.64. The van der Waals surface area contributed by atoms with E-state index in [2.05, 4.69) is 25.7 Å². The maximum atomic E-state index is 4.97. The van der Waals surface area contributed by atoms with Crippen molar-refractivity contribution < 1.29 is 0 Å². The molecule has 11 heavy (non-hydrogen) atoms. The molecule has 0 rings (SSSR count). The SMILES string of the molecule is CCN(CC)CC.[Cl][Ge]([Cl])[Cl]. The topological polar surface area (TPSA) is 3.24 Å². The van der Waals surface area contributed by atoms with Crippen LogP contribution in [0.5, 0.6) is 0 Å². The molecule has 0 heterocycles. The summed E-state index contributed by atoms with van der Waals surface area (Å²) in [6.45, 7) is 10.1. The van der Waals surface area contributed by atoms with E-state index in [0.717, 1.165) is 0 Å². The Balaban J connectivity index is 0. The quantitative estimate of drug-likeness (QED) is 0.718. The number of nitrogens with zero attached hydrogens (tertiary/aromatic N) is 1. The molecular weight excluding hydrogens is 265 g/mol. The summed E-state index contributed by atoms with van der Waals surface area (Å²) in [5, 5.41) is 0. The number of rotatable bonds is 3.